The summed E-state index contributed by atoms with van der Waals surface area (Å²) in [5.74, 6) is 6.02. The lowest BCUT2D eigenvalue weighted by molar-refractivity contribution is -0.119. The second-order valence-electron chi connectivity index (χ2n) is 14.4. The molecule has 0 N–H and O–H groups in total. The van der Waals surface area contributed by atoms with Gasteiger partial charge in [0.2, 0.25) is 0 Å². The standard InChI is InChI=1S/C25H42O.C6H14.C5H12.C2H6/c1-17(8-9-18(2)26)21-12-13-22-20-11-10-19-7-5-6-15-24(19,3)23(20)14-16-25(21,22)4;1-3-5-6-4-2;1-3-5-4-2;1-2/h17,19-23H,5-16H2,1-4H3;3-6H2,1-2H3;3-5H2,1-2H3;1-2H3/t17?,19-,20?,21?,22?,23?,24?,25?;;;/m1.../s1. The largest absolute Gasteiger partial charge is 0.300 e. The number of carbonyl (C=O) groups excluding carboxylic acids is 1. The summed E-state index contributed by atoms with van der Waals surface area (Å²) in [7, 11) is 0. The van der Waals surface area contributed by atoms with Crippen molar-refractivity contribution in [2.75, 3.05) is 0 Å². The Morgan fingerprint density at radius 1 is 0.718 bits per heavy atom. The van der Waals surface area contributed by atoms with Crippen molar-refractivity contribution in [3.63, 3.8) is 0 Å². The van der Waals surface area contributed by atoms with Crippen LogP contribution in [0.4, 0.5) is 0 Å². The molecule has 7 unspecified atom stereocenters. The third-order valence-electron chi connectivity index (χ3n) is 12.0. The molecule has 0 radical (unpaired) electrons. The molecule has 0 aromatic carbocycles. The highest BCUT2D eigenvalue weighted by Crippen LogP contribution is 2.68. The summed E-state index contributed by atoms with van der Waals surface area (Å²) in [5, 5.41) is 0. The van der Waals surface area contributed by atoms with E-state index in [1.807, 2.05) is 13.8 Å². The van der Waals surface area contributed by atoms with Crippen molar-refractivity contribution in [2.45, 2.75) is 191 Å². The molecule has 4 aliphatic carbocycles. The molecule has 1 nitrogen and oxygen atoms in total. The lowest BCUT2D eigenvalue weighted by Crippen LogP contribution is -2.53. The van der Waals surface area contributed by atoms with Crippen molar-refractivity contribution in [3.05, 3.63) is 0 Å². The zero-order valence-corrected chi connectivity index (χ0v) is 28.8. The number of fused-ring (bicyclic) bond motifs is 5. The summed E-state index contributed by atoms with van der Waals surface area (Å²) in [6.07, 6.45) is 26.5. The van der Waals surface area contributed by atoms with Crippen LogP contribution in [0.5, 0.6) is 0 Å². The smallest absolute Gasteiger partial charge is 0.129 e. The van der Waals surface area contributed by atoms with Gasteiger partial charge in [-0.25, -0.2) is 0 Å². The molecule has 8 atom stereocenters. The molecule has 0 aromatic heterocycles. The van der Waals surface area contributed by atoms with E-state index in [1.54, 1.807) is 6.92 Å². The molecular weight excluding hydrogens is 472 g/mol. The summed E-state index contributed by atoms with van der Waals surface area (Å²) in [6.45, 7) is 22.5. The van der Waals surface area contributed by atoms with Crippen LogP contribution in [0.1, 0.15) is 191 Å². The zero-order chi connectivity index (χ0) is 29.5. The van der Waals surface area contributed by atoms with E-state index >= 15 is 0 Å². The van der Waals surface area contributed by atoms with Crippen LogP contribution in [-0.4, -0.2) is 5.78 Å². The minimum atomic E-state index is 0.379. The molecule has 4 rings (SSSR count). The van der Waals surface area contributed by atoms with Crippen LogP contribution in [-0.2, 0) is 4.79 Å². The number of carbonyl (C=O) groups is 1. The maximum atomic E-state index is 11.5. The molecule has 1 heteroatoms. The Hall–Kier alpha value is -0.330. The zero-order valence-electron chi connectivity index (χ0n) is 28.8. The molecule has 0 spiro atoms. The van der Waals surface area contributed by atoms with Crippen LogP contribution in [0.25, 0.3) is 0 Å². The van der Waals surface area contributed by atoms with Crippen LogP contribution in [0.2, 0.25) is 0 Å². The third-order valence-corrected chi connectivity index (χ3v) is 12.0. The predicted octanol–water partition coefficient (Wildman–Crippen LogP) is 12.8. The molecule has 4 fully saturated rings. The molecule has 0 saturated heterocycles. The van der Waals surface area contributed by atoms with Crippen LogP contribution >= 0.6 is 0 Å². The van der Waals surface area contributed by atoms with E-state index in [4.69, 9.17) is 0 Å². The molecular formula is C38H74O. The van der Waals surface area contributed by atoms with E-state index in [0.29, 0.717) is 16.6 Å². The van der Waals surface area contributed by atoms with Crippen LogP contribution in [0, 0.1) is 46.3 Å². The lowest BCUT2D eigenvalue weighted by atomic mass is 9.44. The van der Waals surface area contributed by atoms with Gasteiger partial charge in [-0.15, -0.1) is 0 Å². The van der Waals surface area contributed by atoms with Crippen molar-refractivity contribution < 1.29 is 4.79 Å². The Morgan fingerprint density at radius 2 is 1.31 bits per heavy atom. The van der Waals surface area contributed by atoms with E-state index in [-0.39, 0.29) is 0 Å². The first-order valence-electron chi connectivity index (χ1n) is 18.2. The Kier molecular flexibility index (Phi) is 17.9. The van der Waals surface area contributed by atoms with Gasteiger partial charge in [0.05, 0.1) is 0 Å². The van der Waals surface area contributed by atoms with Crippen LogP contribution in [0.3, 0.4) is 0 Å². The molecule has 0 heterocycles. The number of ketones is 1. The van der Waals surface area contributed by atoms with E-state index in [2.05, 4.69) is 48.5 Å². The highest BCUT2D eigenvalue weighted by atomic mass is 16.1. The fourth-order valence-electron chi connectivity index (χ4n) is 9.76. The average Bonchev–Trinajstić information content (AvgIpc) is 3.30. The van der Waals surface area contributed by atoms with Crippen molar-refractivity contribution >= 4 is 5.78 Å². The molecule has 4 saturated carbocycles. The van der Waals surface area contributed by atoms with Gasteiger partial charge in [0, 0.05) is 6.42 Å². The van der Waals surface area contributed by atoms with Crippen molar-refractivity contribution in [1.82, 2.24) is 0 Å². The molecule has 232 valence electrons. The monoisotopic (exact) mass is 547 g/mol. The van der Waals surface area contributed by atoms with E-state index in [9.17, 15) is 4.79 Å². The number of hydrogen-bond acceptors (Lipinski definition) is 1. The van der Waals surface area contributed by atoms with Gasteiger partial charge in [0.15, 0.2) is 0 Å². The molecule has 0 amide bonds. The Balaban J connectivity index is 0.000000493. The molecule has 0 aliphatic heterocycles. The van der Waals surface area contributed by atoms with E-state index < -0.39 is 0 Å². The summed E-state index contributed by atoms with van der Waals surface area (Å²) < 4.78 is 0. The van der Waals surface area contributed by atoms with Crippen molar-refractivity contribution in [2.24, 2.45) is 46.3 Å². The lowest BCUT2D eigenvalue weighted by Gasteiger charge is -2.61. The summed E-state index contributed by atoms with van der Waals surface area (Å²) >= 11 is 0. The first kappa shape index (κ1) is 36.7. The summed E-state index contributed by atoms with van der Waals surface area (Å²) in [4.78, 5) is 11.5. The average molecular weight is 547 g/mol. The van der Waals surface area contributed by atoms with Gasteiger partial charge in [0.1, 0.15) is 5.78 Å². The first-order chi connectivity index (χ1) is 18.7. The second kappa shape index (κ2) is 19.0. The second-order valence-corrected chi connectivity index (χ2v) is 14.4. The molecule has 4 aliphatic rings. The third kappa shape index (κ3) is 9.87. The highest BCUT2D eigenvalue weighted by molar-refractivity contribution is 5.75. The van der Waals surface area contributed by atoms with Crippen LogP contribution < -0.4 is 0 Å². The van der Waals surface area contributed by atoms with Gasteiger partial charge >= 0.3 is 0 Å². The molecule has 39 heavy (non-hydrogen) atoms. The van der Waals surface area contributed by atoms with E-state index in [1.165, 1.54) is 109 Å². The number of rotatable bonds is 9. The quantitative estimate of drug-likeness (QED) is 0.263. The summed E-state index contributed by atoms with van der Waals surface area (Å²) in [5.41, 5.74) is 1.23. The normalized spacial score (nSPS) is 35.3. The fraction of sp³-hybridized carbons (Fsp3) is 0.974. The SMILES string of the molecule is CC.CC(=O)CCC(C)C1CCC2C3CC[C@H]4CCCCC4(C)C3CCC12C.CCCCC.CCCCCC. The van der Waals surface area contributed by atoms with E-state index in [0.717, 1.165) is 48.3 Å². The predicted molar refractivity (Wildman–Crippen MR) is 175 cm³/mol. The molecule has 0 bridgehead atoms. The number of Topliss-reactive ketones (excluding diaryl/α,β-unsaturated/α-hetero) is 1. The minimum Gasteiger partial charge on any atom is -0.300 e. The Morgan fingerprint density at radius 3 is 1.85 bits per heavy atom. The topological polar surface area (TPSA) is 17.1 Å². The van der Waals surface area contributed by atoms with Gasteiger partial charge in [-0.05, 0) is 111 Å². The van der Waals surface area contributed by atoms with Crippen molar-refractivity contribution in [1.29, 1.82) is 0 Å². The van der Waals surface area contributed by atoms with Gasteiger partial charge in [-0.2, -0.15) is 0 Å². The Labute approximate surface area is 247 Å². The molecule has 0 aromatic rings. The van der Waals surface area contributed by atoms with Crippen LogP contribution in [0.15, 0.2) is 0 Å². The minimum absolute atomic E-state index is 0.379. The van der Waals surface area contributed by atoms with Gasteiger partial charge in [-0.1, -0.05) is 120 Å². The van der Waals surface area contributed by atoms with Gasteiger partial charge in [-0.3, -0.25) is 0 Å². The number of unbranched alkanes of at least 4 members (excludes halogenated alkanes) is 5. The maximum Gasteiger partial charge on any atom is 0.129 e. The fourth-order valence-corrected chi connectivity index (χ4v) is 9.76. The first-order valence-corrected chi connectivity index (χ1v) is 18.2. The van der Waals surface area contributed by atoms with Gasteiger partial charge in [0.25, 0.3) is 0 Å². The highest BCUT2D eigenvalue weighted by Gasteiger charge is 2.60. The van der Waals surface area contributed by atoms with Gasteiger partial charge < -0.3 is 4.79 Å². The van der Waals surface area contributed by atoms with Crippen molar-refractivity contribution in [3.8, 4) is 0 Å². The Bertz CT molecular complexity index is 633. The summed E-state index contributed by atoms with van der Waals surface area (Å²) in [6, 6.07) is 0. The number of hydrogen-bond donors (Lipinski definition) is 0. The maximum absolute atomic E-state index is 11.5.